The number of β-amino-alcohol motifs (C(OH)–C–C–N with tert-alkyl or cyclic N) is 1. The zero-order valence-electron chi connectivity index (χ0n) is 13.7. The highest BCUT2D eigenvalue weighted by molar-refractivity contribution is 5.69. The molecule has 2 atom stereocenters. The maximum absolute atomic E-state index is 12.0. The molecule has 2 rings (SSSR count). The summed E-state index contributed by atoms with van der Waals surface area (Å²) in [7, 11) is 0. The molecule has 0 radical (unpaired) electrons. The maximum atomic E-state index is 12.0. The smallest absolute Gasteiger partial charge is 0.410 e. The first-order chi connectivity index (χ1) is 9.61. The second-order valence-corrected chi connectivity index (χ2v) is 8.01. The Kier molecular flexibility index (Phi) is 4.28. The number of carbonyl (C=O) groups excluding carboxylic acids is 1. The molecule has 5 nitrogen and oxygen atoms in total. The minimum atomic E-state index is -0.979. The molecular formula is C16H29NO4. The number of aliphatic hydroxyl groups is 2. The summed E-state index contributed by atoms with van der Waals surface area (Å²) >= 11 is 0. The van der Waals surface area contributed by atoms with E-state index in [4.69, 9.17) is 4.74 Å². The molecule has 2 unspecified atom stereocenters. The molecule has 5 heteroatoms. The van der Waals surface area contributed by atoms with Crippen LogP contribution in [-0.2, 0) is 4.74 Å². The van der Waals surface area contributed by atoms with E-state index in [1.165, 1.54) is 4.90 Å². The molecule has 0 spiro atoms. The molecule has 2 aliphatic rings. The Morgan fingerprint density at radius 3 is 2.48 bits per heavy atom. The second kappa shape index (κ2) is 5.43. The van der Waals surface area contributed by atoms with E-state index in [-0.39, 0.29) is 25.8 Å². The van der Waals surface area contributed by atoms with Gasteiger partial charge in [0.15, 0.2) is 0 Å². The average Bonchev–Trinajstić information content (AvgIpc) is 2.32. The highest BCUT2D eigenvalue weighted by Crippen LogP contribution is 2.50. The van der Waals surface area contributed by atoms with Crippen molar-refractivity contribution in [3.63, 3.8) is 0 Å². The molecule has 1 amide bonds. The van der Waals surface area contributed by atoms with Crippen LogP contribution in [0.2, 0.25) is 0 Å². The Labute approximate surface area is 127 Å². The van der Waals surface area contributed by atoms with Crippen molar-refractivity contribution in [2.24, 2.45) is 11.3 Å². The summed E-state index contributed by atoms with van der Waals surface area (Å²) in [6.45, 7) is 8.15. The largest absolute Gasteiger partial charge is 0.444 e. The van der Waals surface area contributed by atoms with E-state index in [0.29, 0.717) is 5.92 Å². The monoisotopic (exact) mass is 299 g/mol. The quantitative estimate of drug-likeness (QED) is 0.820. The number of likely N-dealkylation sites (tertiary alicyclic amines) is 1. The van der Waals surface area contributed by atoms with Gasteiger partial charge in [-0.25, -0.2) is 4.79 Å². The fourth-order valence-electron chi connectivity index (χ4n) is 3.75. The molecule has 1 aliphatic carbocycles. The van der Waals surface area contributed by atoms with E-state index >= 15 is 0 Å². The lowest BCUT2D eigenvalue weighted by Crippen LogP contribution is -2.72. The van der Waals surface area contributed by atoms with Gasteiger partial charge < -0.3 is 19.8 Å². The van der Waals surface area contributed by atoms with Gasteiger partial charge in [-0.3, -0.25) is 0 Å². The first-order valence-electron chi connectivity index (χ1n) is 7.92. The van der Waals surface area contributed by atoms with Crippen molar-refractivity contribution in [3.8, 4) is 0 Å². The van der Waals surface area contributed by atoms with Crippen LogP contribution in [0.25, 0.3) is 0 Å². The highest BCUT2D eigenvalue weighted by atomic mass is 16.6. The number of rotatable bonds is 2. The number of hydrogen-bond donors (Lipinski definition) is 2. The van der Waals surface area contributed by atoms with Crippen molar-refractivity contribution in [1.82, 2.24) is 4.90 Å². The van der Waals surface area contributed by atoms with Gasteiger partial charge in [0.2, 0.25) is 0 Å². The lowest BCUT2D eigenvalue weighted by Gasteiger charge is -2.58. The molecule has 1 saturated heterocycles. The van der Waals surface area contributed by atoms with Crippen molar-refractivity contribution in [3.05, 3.63) is 0 Å². The van der Waals surface area contributed by atoms with Gasteiger partial charge in [0, 0.05) is 5.41 Å². The maximum Gasteiger partial charge on any atom is 0.410 e. The van der Waals surface area contributed by atoms with Crippen LogP contribution in [0.5, 0.6) is 0 Å². The number of hydrogen-bond acceptors (Lipinski definition) is 4. The summed E-state index contributed by atoms with van der Waals surface area (Å²) in [4.78, 5) is 13.5. The zero-order valence-corrected chi connectivity index (χ0v) is 13.7. The van der Waals surface area contributed by atoms with Gasteiger partial charge in [-0.05, 0) is 39.5 Å². The van der Waals surface area contributed by atoms with Crippen LogP contribution < -0.4 is 0 Å². The second-order valence-electron chi connectivity index (χ2n) is 8.01. The fourth-order valence-corrected chi connectivity index (χ4v) is 3.75. The van der Waals surface area contributed by atoms with Crippen LogP contribution in [0, 0.1) is 11.3 Å². The van der Waals surface area contributed by atoms with Crippen LogP contribution in [-0.4, -0.2) is 52.1 Å². The van der Waals surface area contributed by atoms with Crippen LogP contribution in [0.15, 0.2) is 0 Å². The number of aliphatic hydroxyl groups excluding tert-OH is 1. The van der Waals surface area contributed by atoms with Crippen LogP contribution in [0.3, 0.4) is 0 Å². The van der Waals surface area contributed by atoms with Crippen molar-refractivity contribution in [2.45, 2.75) is 64.6 Å². The first kappa shape index (κ1) is 16.6. The molecule has 1 aliphatic heterocycles. The van der Waals surface area contributed by atoms with Crippen LogP contribution in [0.4, 0.5) is 4.79 Å². The van der Waals surface area contributed by atoms with E-state index in [0.717, 1.165) is 25.7 Å². The van der Waals surface area contributed by atoms with E-state index in [9.17, 15) is 15.0 Å². The molecule has 0 aromatic heterocycles. The summed E-state index contributed by atoms with van der Waals surface area (Å²) < 4.78 is 5.32. The van der Waals surface area contributed by atoms with E-state index < -0.39 is 16.6 Å². The molecule has 21 heavy (non-hydrogen) atoms. The lowest BCUT2D eigenvalue weighted by molar-refractivity contribution is -0.201. The molecule has 1 heterocycles. The van der Waals surface area contributed by atoms with Crippen LogP contribution in [0.1, 0.15) is 53.4 Å². The SMILES string of the molecule is CC1CCCC(CO)(C2(O)CN(C(=O)OC(C)(C)C)C2)C1. The van der Waals surface area contributed by atoms with Gasteiger partial charge in [-0.2, -0.15) is 0 Å². The standard InChI is InChI=1S/C16H29NO4/c1-12-6-5-7-15(8-12,11-18)16(20)9-17(10-16)13(19)21-14(2,3)4/h12,18,20H,5-11H2,1-4H3. The van der Waals surface area contributed by atoms with Gasteiger partial charge in [-0.1, -0.05) is 19.8 Å². The molecule has 0 bridgehead atoms. The van der Waals surface area contributed by atoms with Crippen molar-refractivity contribution >= 4 is 6.09 Å². The number of carbonyl (C=O) groups is 1. The van der Waals surface area contributed by atoms with Gasteiger partial charge >= 0.3 is 6.09 Å². The topological polar surface area (TPSA) is 70.0 Å². The van der Waals surface area contributed by atoms with Gasteiger partial charge in [0.1, 0.15) is 11.2 Å². The Bertz CT molecular complexity index is 398. The summed E-state index contributed by atoms with van der Waals surface area (Å²) in [5.74, 6) is 0.505. The van der Waals surface area contributed by atoms with E-state index in [1.807, 2.05) is 20.8 Å². The predicted octanol–water partition coefficient (Wildman–Crippen LogP) is 2.16. The number of amides is 1. The molecule has 1 saturated carbocycles. The molecule has 0 aromatic carbocycles. The average molecular weight is 299 g/mol. The third-order valence-corrected chi connectivity index (χ3v) is 4.94. The third kappa shape index (κ3) is 3.19. The number of ether oxygens (including phenoxy) is 1. The Balaban J connectivity index is 2.01. The normalized spacial score (nSPS) is 32.5. The predicted molar refractivity (Wildman–Crippen MR) is 79.9 cm³/mol. The van der Waals surface area contributed by atoms with Crippen LogP contribution >= 0.6 is 0 Å². The molecule has 0 aromatic rings. The Hall–Kier alpha value is -0.810. The van der Waals surface area contributed by atoms with Gasteiger partial charge in [0.05, 0.1) is 19.7 Å². The minimum absolute atomic E-state index is 0.0179. The summed E-state index contributed by atoms with van der Waals surface area (Å²) in [5.41, 5.74) is -1.98. The minimum Gasteiger partial charge on any atom is -0.444 e. The lowest BCUT2D eigenvalue weighted by atomic mass is 9.58. The molecule has 2 fully saturated rings. The molecular weight excluding hydrogens is 270 g/mol. The number of nitrogens with zero attached hydrogens (tertiary/aromatic N) is 1. The molecule has 2 N–H and O–H groups in total. The van der Waals surface area contributed by atoms with Gasteiger partial charge in [-0.15, -0.1) is 0 Å². The summed E-state index contributed by atoms with van der Waals surface area (Å²) in [6.07, 6.45) is 3.43. The Morgan fingerprint density at radius 1 is 1.38 bits per heavy atom. The van der Waals surface area contributed by atoms with E-state index in [2.05, 4.69) is 6.92 Å². The fraction of sp³-hybridized carbons (Fsp3) is 0.938. The van der Waals surface area contributed by atoms with Crippen molar-refractivity contribution in [2.75, 3.05) is 19.7 Å². The van der Waals surface area contributed by atoms with Crippen molar-refractivity contribution in [1.29, 1.82) is 0 Å². The summed E-state index contributed by atoms with van der Waals surface area (Å²) in [6, 6.07) is 0. The Morgan fingerprint density at radius 2 is 2.00 bits per heavy atom. The van der Waals surface area contributed by atoms with E-state index in [1.54, 1.807) is 0 Å². The first-order valence-corrected chi connectivity index (χ1v) is 7.92. The van der Waals surface area contributed by atoms with Crippen molar-refractivity contribution < 1.29 is 19.7 Å². The van der Waals surface area contributed by atoms with Gasteiger partial charge in [0.25, 0.3) is 0 Å². The summed E-state index contributed by atoms with van der Waals surface area (Å²) in [5, 5.41) is 20.8. The zero-order chi connectivity index (χ0) is 15.9. The third-order valence-electron chi connectivity index (χ3n) is 4.94. The highest BCUT2D eigenvalue weighted by Gasteiger charge is 2.59. The molecule has 122 valence electrons.